The zero-order valence-electron chi connectivity index (χ0n) is 12.3. The van der Waals surface area contributed by atoms with Gasteiger partial charge in [-0.15, -0.1) is 0 Å². The van der Waals surface area contributed by atoms with Gasteiger partial charge in [0, 0.05) is 24.2 Å². The number of likely N-dealkylation sites (N-methyl/N-ethyl adjacent to an activating group) is 1. The Balaban J connectivity index is 2.91. The summed E-state index contributed by atoms with van der Waals surface area (Å²) in [7, 11) is 4.00. The SMILES string of the molecule is CN(C)CC1NC(C)(C)CN(C(C)(C)C)C1=O. The molecule has 1 fully saturated rings. The minimum atomic E-state index is -0.110. The molecule has 0 aromatic heterocycles. The Morgan fingerprint density at radius 2 is 1.94 bits per heavy atom. The highest BCUT2D eigenvalue weighted by Gasteiger charge is 2.42. The van der Waals surface area contributed by atoms with Crippen molar-refractivity contribution < 1.29 is 4.79 Å². The lowest BCUT2D eigenvalue weighted by molar-refractivity contribution is -0.145. The molecule has 1 heterocycles. The molecule has 1 atom stereocenters. The number of nitrogens with one attached hydrogen (secondary N) is 1. The van der Waals surface area contributed by atoms with Crippen LogP contribution in [0.3, 0.4) is 0 Å². The standard InChI is InChI=1S/C13H27N3O/c1-12(2,3)16-9-13(4,5)14-10(11(16)17)8-15(6)7/h10,14H,8-9H2,1-7H3. The first-order chi connectivity index (χ1) is 7.53. The molecule has 1 saturated heterocycles. The number of rotatable bonds is 2. The summed E-state index contributed by atoms with van der Waals surface area (Å²) in [5, 5.41) is 3.44. The molecular formula is C13H27N3O. The summed E-state index contributed by atoms with van der Waals surface area (Å²) in [6.07, 6.45) is 0. The highest BCUT2D eigenvalue weighted by Crippen LogP contribution is 2.23. The molecule has 0 spiro atoms. The van der Waals surface area contributed by atoms with Crippen molar-refractivity contribution in [1.29, 1.82) is 0 Å². The van der Waals surface area contributed by atoms with E-state index in [0.29, 0.717) is 0 Å². The minimum Gasteiger partial charge on any atom is -0.335 e. The topological polar surface area (TPSA) is 35.6 Å². The molecule has 4 heteroatoms. The summed E-state index contributed by atoms with van der Waals surface area (Å²) in [6.45, 7) is 12.1. The zero-order chi connectivity index (χ0) is 13.4. The summed E-state index contributed by atoms with van der Waals surface area (Å²) in [4.78, 5) is 16.5. The van der Waals surface area contributed by atoms with Crippen LogP contribution in [0.4, 0.5) is 0 Å². The quantitative estimate of drug-likeness (QED) is 0.781. The lowest BCUT2D eigenvalue weighted by Gasteiger charge is -2.49. The second-order valence-corrected chi connectivity index (χ2v) is 6.94. The third-order valence-corrected chi connectivity index (χ3v) is 3.04. The number of hydrogen-bond acceptors (Lipinski definition) is 3. The number of hydrogen-bond donors (Lipinski definition) is 1. The van der Waals surface area contributed by atoms with Crippen LogP contribution in [0, 0.1) is 0 Å². The fourth-order valence-electron chi connectivity index (χ4n) is 2.30. The number of nitrogens with zero attached hydrogens (tertiary/aromatic N) is 2. The van der Waals surface area contributed by atoms with E-state index < -0.39 is 0 Å². The Labute approximate surface area is 105 Å². The second-order valence-electron chi connectivity index (χ2n) is 6.94. The Kier molecular flexibility index (Phi) is 3.89. The smallest absolute Gasteiger partial charge is 0.241 e. The maximum atomic E-state index is 12.4. The Morgan fingerprint density at radius 1 is 1.41 bits per heavy atom. The fourth-order valence-corrected chi connectivity index (χ4v) is 2.30. The van der Waals surface area contributed by atoms with Gasteiger partial charge in [0.2, 0.25) is 5.91 Å². The van der Waals surface area contributed by atoms with E-state index in [1.54, 1.807) is 0 Å². The van der Waals surface area contributed by atoms with Gasteiger partial charge < -0.3 is 9.80 Å². The van der Waals surface area contributed by atoms with Gasteiger partial charge in [0.05, 0.1) is 0 Å². The Hall–Kier alpha value is -0.610. The average molecular weight is 241 g/mol. The van der Waals surface area contributed by atoms with Crippen molar-refractivity contribution in [2.75, 3.05) is 27.2 Å². The molecule has 4 nitrogen and oxygen atoms in total. The van der Waals surface area contributed by atoms with E-state index in [-0.39, 0.29) is 23.0 Å². The van der Waals surface area contributed by atoms with Crippen LogP contribution in [-0.4, -0.2) is 60.0 Å². The van der Waals surface area contributed by atoms with E-state index in [9.17, 15) is 4.79 Å². The van der Waals surface area contributed by atoms with Crippen LogP contribution in [0.5, 0.6) is 0 Å². The van der Waals surface area contributed by atoms with Gasteiger partial charge >= 0.3 is 0 Å². The number of amides is 1. The molecule has 1 aliphatic heterocycles. The van der Waals surface area contributed by atoms with Crippen LogP contribution in [0.1, 0.15) is 34.6 Å². The summed E-state index contributed by atoms with van der Waals surface area (Å²) in [5.74, 6) is 0.213. The lowest BCUT2D eigenvalue weighted by atomic mass is 9.93. The van der Waals surface area contributed by atoms with Gasteiger partial charge in [-0.3, -0.25) is 10.1 Å². The van der Waals surface area contributed by atoms with Crippen molar-refractivity contribution in [3.63, 3.8) is 0 Å². The van der Waals surface area contributed by atoms with Gasteiger partial charge in [0.25, 0.3) is 0 Å². The largest absolute Gasteiger partial charge is 0.335 e. The van der Waals surface area contributed by atoms with Gasteiger partial charge in [-0.05, 0) is 48.7 Å². The normalized spacial score (nSPS) is 25.5. The van der Waals surface area contributed by atoms with Crippen molar-refractivity contribution in [2.24, 2.45) is 0 Å². The molecule has 0 radical (unpaired) electrons. The fraction of sp³-hybridized carbons (Fsp3) is 0.923. The summed E-state index contributed by atoms with van der Waals surface area (Å²) < 4.78 is 0. The average Bonchev–Trinajstić information content (AvgIpc) is 2.07. The van der Waals surface area contributed by atoms with Gasteiger partial charge in [0.1, 0.15) is 6.04 Å². The molecule has 1 N–H and O–H groups in total. The van der Waals surface area contributed by atoms with E-state index in [2.05, 4.69) is 44.8 Å². The third kappa shape index (κ3) is 3.68. The van der Waals surface area contributed by atoms with Crippen LogP contribution >= 0.6 is 0 Å². The second kappa shape index (κ2) is 4.58. The minimum absolute atomic E-state index is 0.0259. The van der Waals surface area contributed by atoms with Crippen molar-refractivity contribution >= 4 is 5.91 Å². The van der Waals surface area contributed by atoms with E-state index in [4.69, 9.17) is 0 Å². The maximum absolute atomic E-state index is 12.4. The van der Waals surface area contributed by atoms with Gasteiger partial charge in [-0.25, -0.2) is 0 Å². The van der Waals surface area contributed by atoms with E-state index in [1.165, 1.54) is 0 Å². The molecule has 1 rings (SSSR count). The molecule has 1 aliphatic rings. The predicted octanol–water partition coefficient (Wildman–Crippen LogP) is 0.925. The van der Waals surface area contributed by atoms with Crippen molar-refractivity contribution in [1.82, 2.24) is 15.1 Å². The predicted molar refractivity (Wildman–Crippen MR) is 71.0 cm³/mol. The van der Waals surface area contributed by atoms with Crippen LogP contribution in [0.15, 0.2) is 0 Å². The molecule has 0 aromatic carbocycles. The number of carbonyl (C=O) groups excluding carboxylic acids is 1. The molecular weight excluding hydrogens is 214 g/mol. The van der Waals surface area contributed by atoms with Crippen LogP contribution in [0.2, 0.25) is 0 Å². The highest BCUT2D eigenvalue weighted by atomic mass is 16.2. The zero-order valence-corrected chi connectivity index (χ0v) is 12.3. The van der Waals surface area contributed by atoms with Gasteiger partial charge in [-0.1, -0.05) is 0 Å². The summed E-state index contributed by atoms with van der Waals surface area (Å²) in [5.41, 5.74) is -0.136. The number of carbonyl (C=O) groups is 1. The van der Waals surface area contributed by atoms with Crippen LogP contribution < -0.4 is 5.32 Å². The van der Waals surface area contributed by atoms with E-state index >= 15 is 0 Å². The monoisotopic (exact) mass is 241 g/mol. The van der Waals surface area contributed by atoms with Gasteiger partial charge in [0.15, 0.2) is 0 Å². The van der Waals surface area contributed by atoms with E-state index in [1.807, 2.05) is 19.0 Å². The Morgan fingerprint density at radius 3 is 2.35 bits per heavy atom. The number of piperazine rings is 1. The van der Waals surface area contributed by atoms with Crippen LogP contribution in [-0.2, 0) is 4.79 Å². The van der Waals surface area contributed by atoms with Crippen molar-refractivity contribution in [3.05, 3.63) is 0 Å². The molecule has 100 valence electrons. The molecule has 0 saturated carbocycles. The first-order valence-electron chi connectivity index (χ1n) is 6.27. The summed E-state index contributed by atoms with van der Waals surface area (Å²) in [6, 6.07) is -0.104. The summed E-state index contributed by atoms with van der Waals surface area (Å²) >= 11 is 0. The lowest BCUT2D eigenvalue weighted by Crippen LogP contribution is -2.69. The molecule has 0 aromatic rings. The maximum Gasteiger partial charge on any atom is 0.241 e. The van der Waals surface area contributed by atoms with Crippen molar-refractivity contribution in [3.8, 4) is 0 Å². The first-order valence-corrected chi connectivity index (χ1v) is 6.27. The molecule has 1 amide bonds. The molecule has 17 heavy (non-hydrogen) atoms. The van der Waals surface area contributed by atoms with E-state index in [0.717, 1.165) is 13.1 Å². The highest BCUT2D eigenvalue weighted by molar-refractivity contribution is 5.84. The molecule has 0 aliphatic carbocycles. The van der Waals surface area contributed by atoms with Crippen molar-refractivity contribution in [2.45, 2.75) is 51.7 Å². The molecule has 0 bridgehead atoms. The van der Waals surface area contributed by atoms with Gasteiger partial charge in [-0.2, -0.15) is 0 Å². The first kappa shape index (κ1) is 14.5. The Bertz CT molecular complexity index is 292. The third-order valence-electron chi connectivity index (χ3n) is 3.04. The molecule has 1 unspecified atom stereocenters. The van der Waals surface area contributed by atoms with Crippen LogP contribution in [0.25, 0.3) is 0 Å².